The standard InChI is InChI=1S/C16H22ClN3O3/c1-3-9-18-14(21)11-20(2)15(22)8-10-19-16(23)12-4-6-13(17)7-5-12/h4-7H,3,8-11H2,1-2H3,(H,18,21)(H,19,23). The molecule has 0 fully saturated rings. The monoisotopic (exact) mass is 339 g/mol. The molecule has 0 aliphatic rings. The number of carbonyl (C=O) groups excluding carboxylic acids is 3. The Balaban J connectivity index is 2.31. The van der Waals surface area contributed by atoms with Gasteiger partial charge in [-0.05, 0) is 30.7 Å². The second-order valence-corrected chi connectivity index (χ2v) is 5.55. The van der Waals surface area contributed by atoms with Gasteiger partial charge in [-0.15, -0.1) is 0 Å². The molecular weight excluding hydrogens is 318 g/mol. The Kier molecular flexibility index (Phi) is 8.11. The van der Waals surface area contributed by atoms with Gasteiger partial charge in [0.2, 0.25) is 11.8 Å². The summed E-state index contributed by atoms with van der Waals surface area (Å²) in [6.45, 7) is 2.78. The van der Waals surface area contributed by atoms with Crippen LogP contribution < -0.4 is 10.6 Å². The zero-order valence-electron chi connectivity index (χ0n) is 13.4. The highest BCUT2D eigenvalue weighted by molar-refractivity contribution is 6.30. The molecular formula is C16H22ClN3O3. The quantitative estimate of drug-likeness (QED) is 0.752. The first kappa shape index (κ1) is 19.0. The van der Waals surface area contributed by atoms with Crippen molar-refractivity contribution in [3.63, 3.8) is 0 Å². The van der Waals surface area contributed by atoms with Crippen molar-refractivity contribution in [2.24, 2.45) is 0 Å². The molecule has 1 aromatic rings. The van der Waals surface area contributed by atoms with Gasteiger partial charge in [0.15, 0.2) is 0 Å². The van der Waals surface area contributed by atoms with Gasteiger partial charge in [-0.3, -0.25) is 14.4 Å². The Bertz CT molecular complexity index is 546. The highest BCUT2D eigenvalue weighted by Gasteiger charge is 2.13. The lowest BCUT2D eigenvalue weighted by molar-refractivity contribution is -0.134. The zero-order chi connectivity index (χ0) is 17.2. The summed E-state index contributed by atoms with van der Waals surface area (Å²) in [6, 6.07) is 6.49. The van der Waals surface area contributed by atoms with Crippen LogP contribution in [-0.2, 0) is 9.59 Å². The SMILES string of the molecule is CCCNC(=O)CN(C)C(=O)CCNC(=O)c1ccc(Cl)cc1. The van der Waals surface area contributed by atoms with E-state index in [1.807, 2.05) is 6.92 Å². The van der Waals surface area contributed by atoms with E-state index in [4.69, 9.17) is 11.6 Å². The van der Waals surface area contributed by atoms with Crippen molar-refractivity contribution in [2.45, 2.75) is 19.8 Å². The highest BCUT2D eigenvalue weighted by atomic mass is 35.5. The van der Waals surface area contributed by atoms with Crippen LogP contribution in [0.1, 0.15) is 30.1 Å². The van der Waals surface area contributed by atoms with Crippen molar-refractivity contribution in [1.29, 1.82) is 0 Å². The van der Waals surface area contributed by atoms with E-state index < -0.39 is 0 Å². The van der Waals surface area contributed by atoms with Crippen LogP contribution in [-0.4, -0.2) is 49.3 Å². The van der Waals surface area contributed by atoms with Gasteiger partial charge in [-0.2, -0.15) is 0 Å². The number of nitrogens with zero attached hydrogens (tertiary/aromatic N) is 1. The van der Waals surface area contributed by atoms with Gasteiger partial charge in [0.05, 0.1) is 6.54 Å². The Labute approximate surface area is 141 Å². The van der Waals surface area contributed by atoms with Crippen molar-refractivity contribution in [3.05, 3.63) is 34.9 Å². The van der Waals surface area contributed by atoms with Crippen LogP contribution in [0.2, 0.25) is 5.02 Å². The summed E-state index contributed by atoms with van der Waals surface area (Å²) in [5, 5.41) is 5.92. The number of hydrogen-bond acceptors (Lipinski definition) is 3. The Hall–Kier alpha value is -2.08. The summed E-state index contributed by atoms with van der Waals surface area (Å²) >= 11 is 5.76. The predicted octanol–water partition coefficient (Wildman–Crippen LogP) is 1.44. The molecule has 6 nitrogen and oxygen atoms in total. The minimum Gasteiger partial charge on any atom is -0.355 e. The highest BCUT2D eigenvalue weighted by Crippen LogP contribution is 2.09. The lowest BCUT2D eigenvalue weighted by Gasteiger charge is -2.16. The van der Waals surface area contributed by atoms with E-state index in [2.05, 4.69) is 10.6 Å². The number of halogens is 1. The van der Waals surface area contributed by atoms with E-state index in [0.29, 0.717) is 17.1 Å². The van der Waals surface area contributed by atoms with Crippen LogP contribution in [0.3, 0.4) is 0 Å². The summed E-state index contributed by atoms with van der Waals surface area (Å²) in [4.78, 5) is 36.6. The molecule has 3 amide bonds. The van der Waals surface area contributed by atoms with Crippen LogP contribution in [0.4, 0.5) is 0 Å². The molecule has 1 rings (SSSR count). The lowest BCUT2D eigenvalue weighted by atomic mass is 10.2. The molecule has 0 aliphatic carbocycles. The summed E-state index contributed by atoms with van der Waals surface area (Å²) in [7, 11) is 1.56. The topological polar surface area (TPSA) is 78.5 Å². The van der Waals surface area contributed by atoms with Crippen molar-refractivity contribution in [3.8, 4) is 0 Å². The van der Waals surface area contributed by atoms with E-state index in [0.717, 1.165) is 6.42 Å². The molecule has 0 unspecified atom stereocenters. The minimum atomic E-state index is -0.266. The number of likely N-dealkylation sites (N-methyl/N-ethyl adjacent to an activating group) is 1. The largest absolute Gasteiger partial charge is 0.355 e. The van der Waals surface area contributed by atoms with E-state index >= 15 is 0 Å². The Morgan fingerprint density at radius 3 is 2.35 bits per heavy atom. The molecule has 0 saturated heterocycles. The molecule has 0 aliphatic heterocycles. The first-order valence-corrected chi connectivity index (χ1v) is 7.86. The fourth-order valence-electron chi connectivity index (χ4n) is 1.80. The molecule has 7 heteroatoms. The number of nitrogens with one attached hydrogen (secondary N) is 2. The van der Waals surface area contributed by atoms with Crippen LogP contribution in [0.5, 0.6) is 0 Å². The van der Waals surface area contributed by atoms with E-state index in [1.54, 1.807) is 31.3 Å². The zero-order valence-corrected chi connectivity index (χ0v) is 14.2. The molecule has 1 aromatic carbocycles. The van der Waals surface area contributed by atoms with E-state index in [1.165, 1.54) is 4.90 Å². The Morgan fingerprint density at radius 1 is 1.09 bits per heavy atom. The summed E-state index contributed by atoms with van der Waals surface area (Å²) in [6.07, 6.45) is 0.983. The first-order chi connectivity index (χ1) is 10.9. The third-order valence-corrected chi connectivity index (χ3v) is 3.36. The summed E-state index contributed by atoms with van der Waals surface area (Å²) < 4.78 is 0. The molecule has 0 radical (unpaired) electrons. The predicted molar refractivity (Wildman–Crippen MR) is 89.3 cm³/mol. The Morgan fingerprint density at radius 2 is 1.74 bits per heavy atom. The van der Waals surface area contributed by atoms with Gasteiger partial charge >= 0.3 is 0 Å². The number of hydrogen-bond donors (Lipinski definition) is 2. The molecule has 0 heterocycles. The van der Waals surface area contributed by atoms with Gasteiger partial charge in [0.25, 0.3) is 5.91 Å². The third-order valence-electron chi connectivity index (χ3n) is 3.11. The van der Waals surface area contributed by atoms with Crippen LogP contribution >= 0.6 is 11.6 Å². The van der Waals surface area contributed by atoms with Crippen LogP contribution in [0.15, 0.2) is 24.3 Å². The van der Waals surface area contributed by atoms with Gasteiger partial charge in [0, 0.05) is 37.1 Å². The van der Waals surface area contributed by atoms with Gasteiger partial charge < -0.3 is 15.5 Å². The average molecular weight is 340 g/mol. The smallest absolute Gasteiger partial charge is 0.251 e. The fraction of sp³-hybridized carbons (Fsp3) is 0.438. The van der Waals surface area contributed by atoms with Crippen molar-refractivity contribution >= 4 is 29.3 Å². The fourth-order valence-corrected chi connectivity index (χ4v) is 1.93. The number of carbonyl (C=O) groups is 3. The number of rotatable bonds is 8. The van der Waals surface area contributed by atoms with Crippen LogP contribution in [0.25, 0.3) is 0 Å². The van der Waals surface area contributed by atoms with E-state index in [-0.39, 0.29) is 37.2 Å². The van der Waals surface area contributed by atoms with Crippen molar-refractivity contribution < 1.29 is 14.4 Å². The molecule has 23 heavy (non-hydrogen) atoms. The van der Waals surface area contributed by atoms with E-state index in [9.17, 15) is 14.4 Å². The second-order valence-electron chi connectivity index (χ2n) is 5.11. The first-order valence-electron chi connectivity index (χ1n) is 7.48. The third kappa shape index (κ3) is 7.15. The summed E-state index contributed by atoms with van der Waals surface area (Å²) in [5.41, 5.74) is 0.481. The van der Waals surface area contributed by atoms with Gasteiger partial charge in [0.1, 0.15) is 0 Å². The second kappa shape index (κ2) is 9.84. The maximum atomic E-state index is 11.9. The normalized spacial score (nSPS) is 10.0. The number of amides is 3. The maximum Gasteiger partial charge on any atom is 0.251 e. The molecule has 2 N–H and O–H groups in total. The van der Waals surface area contributed by atoms with Crippen molar-refractivity contribution in [2.75, 3.05) is 26.7 Å². The van der Waals surface area contributed by atoms with Gasteiger partial charge in [-0.25, -0.2) is 0 Å². The number of benzene rings is 1. The molecule has 0 bridgehead atoms. The van der Waals surface area contributed by atoms with Crippen LogP contribution in [0, 0.1) is 0 Å². The van der Waals surface area contributed by atoms with Crippen molar-refractivity contribution in [1.82, 2.24) is 15.5 Å². The lowest BCUT2D eigenvalue weighted by Crippen LogP contribution is -2.39. The molecule has 0 atom stereocenters. The summed E-state index contributed by atoms with van der Waals surface area (Å²) in [5.74, 6) is -0.654. The molecule has 0 spiro atoms. The van der Waals surface area contributed by atoms with Gasteiger partial charge in [-0.1, -0.05) is 18.5 Å². The minimum absolute atomic E-state index is 0.0178. The molecule has 0 saturated carbocycles. The molecule has 0 aromatic heterocycles. The average Bonchev–Trinajstić information content (AvgIpc) is 2.53. The maximum absolute atomic E-state index is 11.9. The molecule has 126 valence electrons.